The molecule has 2 N–H and O–H groups in total. The second kappa shape index (κ2) is 6.18. The van der Waals surface area contributed by atoms with Crippen molar-refractivity contribution in [2.24, 2.45) is 5.73 Å². The third-order valence-electron chi connectivity index (χ3n) is 3.44. The van der Waals surface area contributed by atoms with Gasteiger partial charge in [0.25, 0.3) is 0 Å². The van der Waals surface area contributed by atoms with E-state index in [4.69, 9.17) is 10.5 Å². The van der Waals surface area contributed by atoms with Crippen LogP contribution in [0.5, 0.6) is 0 Å². The van der Waals surface area contributed by atoms with Crippen LogP contribution in [0.4, 0.5) is 5.69 Å². The number of morpholine rings is 1. The molecule has 100 valence electrons. The second-order valence-electron chi connectivity index (χ2n) is 4.97. The molecule has 1 aromatic carbocycles. The molecule has 0 saturated carbocycles. The Morgan fingerprint density at radius 2 is 2.22 bits per heavy atom. The number of ether oxygens (including phenoxy) is 1. The highest BCUT2D eigenvalue weighted by atomic mass is 16.5. The zero-order valence-corrected chi connectivity index (χ0v) is 11.3. The normalized spacial score (nSPS) is 20.9. The van der Waals surface area contributed by atoms with Crippen molar-refractivity contribution >= 4 is 5.69 Å². The molecule has 1 aliphatic rings. The monoisotopic (exact) mass is 249 g/mol. The van der Waals surface area contributed by atoms with Crippen molar-refractivity contribution < 1.29 is 4.74 Å². The minimum Gasteiger partial charge on any atom is -0.374 e. The first kappa shape index (κ1) is 13.3. The average Bonchev–Trinajstić information content (AvgIpc) is 2.38. The van der Waals surface area contributed by atoms with Crippen LogP contribution in [-0.4, -0.2) is 51.3 Å². The maximum absolute atomic E-state index is 5.80. The van der Waals surface area contributed by atoms with E-state index in [1.165, 1.54) is 11.3 Å². The van der Waals surface area contributed by atoms with E-state index in [1.54, 1.807) is 0 Å². The largest absolute Gasteiger partial charge is 0.374 e. The fourth-order valence-electron chi connectivity index (χ4n) is 2.44. The maximum Gasteiger partial charge on any atom is 0.0876 e. The van der Waals surface area contributed by atoms with E-state index in [0.717, 1.165) is 26.2 Å². The van der Waals surface area contributed by atoms with E-state index in [2.05, 4.69) is 42.1 Å². The molecule has 1 atom stereocenters. The molecule has 0 bridgehead atoms. The van der Waals surface area contributed by atoms with Crippen molar-refractivity contribution in [1.82, 2.24) is 4.90 Å². The lowest BCUT2D eigenvalue weighted by molar-refractivity contribution is -0.0143. The Balaban J connectivity index is 2.00. The van der Waals surface area contributed by atoms with Crippen LogP contribution in [0.25, 0.3) is 0 Å². The maximum atomic E-state index is 5.80. The fourth-order valence-corrected chi connectivity index (χ4v) is 2.44. The fraction of sp³-hybridized carbons (Fsp3) is 0.571. The van der Waals surface area contributed by atoms with Crippen molar-refractivity contribution in [3.8, 4) is 0 Å². The van der Waals surface area contributed by atoms with Crippen molar-refractivity contribution in [2.75, 3.05) is 45.2 Å². The van der Waals surface area contributed by atoms with E-state index < -0.39 is 0 Å². The summed E-state index contributed by atoms with van der Waals surface area (Å²) in [6.07, 6.45) is 0.277. The Hall–Kier alpha value is -1.10. The van der Waals surface area contributed by atoms with Gasteiger partial charge in [0.1, 0.15) is 0 Å². The van der Waals surface area contributed by atoms with Gasteiger partial charge in [-0.25, -0.2) is 0 Å². The molecule has 0 radical (unpaired) electrons. The summed E-state index contributed by atoms with van der Waals surface area (Å²) >= 11 is 0. The van der Waals surface area contributed by atoms with Crippen molar-refractivity contribution in [3.63, 3.8) is 0 Å². The van der Waals surface area contributed by atoms with Gasteiger partial charge < -0.3 is 20.3 Å². The quantitative estimate of drug-likeness (QED) is 0.861. The highest BCUT2D eigenvalue weighted by Gasteiger charge is 2.19. The highest BCUT2D eigenvalue weighted by Crippen LogP contribution is 2.19. The van der Waals surface area contributed by atoms with Gasteiger partial charge in [0.05, 0.1) is 12.7 Å². The zero-order valence-electron chi connectivity index (χ0n) is 11.3. The van der Waals surface area contributed by atoms with Gasteiger partial charge in [-0.1, -0.05) is 18.2 Å². The van der Waals surface area contributed by atoms with Gasteiger partial charge >= 0.3 is 0 Å². The summed E-state index contributed by atoms with van der Waals surface area (Å²) in [6, 6.07) is 8.29. The second-order valence-corrected chi connectivity index (χ2v) is 4.97. The number of para-hydroxylation sites is 1. The minimum atomic E-state index is 0.277. The minimum absolute atomic E-state index is 0.277. The molecule has 1 aromatic rings. The number of nitrogens with zero attached hydrogens (tertiary/aromatic N) is 2. The van der Waals surface area contributed by atoms with Crippen LogP contribution >= 0.6 is 0 Å². The van der Waals surface area contributed by atoms with Gasteiger partial charge in [-0.05, 0) is 18.7 Å². The van der Waals surface area contributed by atoms with Gasteiger partial charge in [0, 0.05) is 38.9 Å². The van der Waals surface area contributed by atoms with Crippen molar-refractivity contribution in [3.05, 3.63) is 29.8 Å². The number of rotatable bonds is 4. The number of hydrogen-bond acceptors (Lipinski definition) is 4. The number of benzene rings is 1. The molecule has 0 spiro atoms. The number of nitrogens with two attached hydrogens (primary N) is 1. The molecule has 1 saturated heterocycles. The molecule has 2 rings (SSSR count). The number of hydrogen-bond donors (Lipinski definition) is 1. The molecule has 1 unspecified atom stereocenters. The number of likely N-dealkylation sites (N-methyl/N-ethyl adjacent to an activating group) is 2. The van der Waals surface area contributed by atoms with Gasteiger partial charge in [-0.15, -0.1) is 0 Å². The molecule has 1 fully saturated rings. The smallest absolute Gasteiger partial charge is 0.0876 e. The molecule has 1 aliphatic heterocycles. The number of anilines is 1. The van der Waals surface area contributed by atoms with E-state index in [-0.39, 0.29) is 6.10 Å². The summed E-state index contributed by atoms with van der Waals surface area (Å²) < 4.78 is 5.80. The Labute approximate surface area is 109 Å². The standard InChI is InChI=1S/C14H23N3O/c1-16-7-8-18-13(10-16)11-17(2)14-6-4-3-5-12(14)9-15/h3-6,13H,7-11,15H2,1-2H3. The van der Waals surface area contributed by atoms with Gasteiger partial charge in [-0.2, -0.15) is 0 Å². The lowest BCUT2D eigenvalue weighted by Crippen LogP contribution is -2.45. The van der Waals surface area contributed by atoms with Gasteiger partial charge in [0.2, 0.25) is 0 Å². The van der Waals surface area contributed by atoms with E-state index >= 15 is 0 Å². The molecule has 0 amide bonds. The third-order valence-corrected chi connectivity index (χ3v) is 3.44. The van der Waals surface area contributed by atoms with Crippen LogP contribution in [0, 0.1) is 0 Å². The lowest BCUT2D eigenvalue weighted by Gasteiger charge is -2.33. The summed E-state index contributed by atoms with van der Waals surface area (Å²) in [4.78, 5) is 4.56. The molecule has 0 aliphatic carbocycles. The van der Waals surface area contributed by atoms with E-state index in [0.29, 0.717) is 6.54 Å². The van der Waals surface area contributed by atoms with Crippen LogP contribution in [0.2, 0.25) is 0 Å². The van der Waals surface area contributed by atoms with Crippen LogP contribution < -0.4 is 10.6 Å². The first-order valence-electron chi connectivity index (χ1n) is 6.50. The van der Waals surface area contributed by atoms with Crippen molar-refractivity contribution in [2.45, 2.75) is 12.6 Å². The van der Waals surface area contributed by atoms with Gasteiger partial charge in [-0.3, -0.25) is 0 Å². The summed E-state index contributed by atoms with van der Waals surface area (Å²) in [6.45, 7) is 4.33. The Morgan fingerprint density at radius 1 is 1.44 bits per heavy atom. The van der Waals surface area contributed by atoms with E-state index in [1.807, 2.05) is 6.07 Å². The predicted octanol–water partition coefficient (Wildman–Crippen LogP) is 0.912. The van der Waals surface area contributed by atoms with Crippen LogP contribution in [0.15, 0.2) is 24.3 Å². The summed E-state index contributed by atoms with van der Waals surface area (Å²) in [5.41, 5.74) is 8.17. The van der Waals surface area contributed by atoms with Crippen LogP contribution in [0.3, 0.4) is 0 Å². The van der Waals surface area contributed by atoms with Crippen molar-refractivity contribution in [1.29, 1.82) is 0 Å². The summed E-state index contributed by atoms with van der Waals surface area (Å²) in [5.74, 6) is 0. The molecule has 1 heterocycles. The summed E-state index contributed by atoms with van der Waals surface area (Å²) in [7, 11) is 4.25. The molecular formula is C14H23N3O. The molecular weight excluding hydrogens is 226 g/mol. The lowest BCUT2D eigenvalue weighted by atomic mass is 10.1. The molecule has 4 nitrogen and oxygen atoms in total. The molecule has 0 aromatic heterocycles. The van der Waals surface area contributed by atoms with Crippen LogP contribution in [0.1, 0.15) is 5.56 Å². The third kappa shape index (κ3) is 3.22. The van der Waals surface area contributed by atoms with E-state index in [9.17, 15) is 0 Å². The first-order chi connectivity index (χ1) is 8.70. The Morgan fingerprint density at radius 3 is 2.94 bits per heavy atom. The SMILES string of the molecule is CN1CCOC(CN(C)c2ccccc2CN)C1. The Kier molecular flexibility index (Phi) is 4.58. The highest BCUT2D eigenvalue weighted by molar-refractivity contribution is 5.53. The van der Waals surface area contributed by atoms with Crippen LogP contribution in [-0.2, 0) is 11.3 Å². The molecule has 4 heteroatoms. The Bertz CT molecular complexity index is 383. The average molecular weight is 249 g/mol. The summed E-state index contributed by atoms with van der Waals surface area (Å²) in [5, 5.41) is 0. The first-order valence-corrected chi connectivity index (χ1v) is 6.50. The zero-order chi connectivity index (χ0) is 13.0. The predicted molar refractivity (Wildman–Crippen MR) is 74.8 cm³/mol. The van der Waals surface area contributed by atoms with Gasteiger partial charge in [0.15, 0.2) is 0 Å². The topological polar surface area (TPSA) is 41.7 Å². The molecule has 18 heavy (non-hydrogen) atoms.